The van der Waals surface area contributed by atoms with Gasteiger partial charge in [-0.25, -0.2) is 0 Å². The Balaban J connectivity index is 1.79. The summed E-state index contributed by atoms with van der Waals surface area (Å²) in [5.74, 6) is 0. The second-order valence-corrected chi connectivity index (χ2v) is 6.96. The Kier molecular flexibility index (Phi) is 4.17. The van der Waals surface area contributed by atoms with Crippen LogP contribution in [0.1, 0.15) is 44.5 Å². The third kappa shape index (κ3) is 2.54. The van der Waals surface area contributed by atoms with Gasteiger partial charge in [0.1, 0.15) is 0 Å². The van der Waals surface area contributed by atoms with E-state index in [1.54, 1.807) is 0 Å². The fourth-order valence-electron chi connectivity index (χ4n) is 3.31. The molecule has 2 fully saturated rings. The van der Waals surface area contributed by atoms with Gasteiger partial charge >= 0.3 is 0 Å². The van der Waals surface area contributed by atoms with Crippen LogP contribution in [-0.2, 0) is 4.74 Å². The molecule has 0 spiro atoms. The molecule has 6 heteroatoms. The van der Waals surface area contributed by atoms with E-state index in [1.165, 1.54) is 19.4 Å². The van der Waals surface area contributed by atoms with Crippen LogP contribution in [0, 0.1) is 0 Å². The average Bonchev–Trinajstić information content (AvgIpc) is 3.03. The molecule has 2 N–H and O–H groups in total. The predicted molar refractivity (Wildman–Crippen MR) is 81.6 cm³/mol. The van der Waals surface area contributed by atoms with Gasteiger partial charge in [-0.2, -0.15) is 5.10 Å². The molecule has 112 valence electrons. The molecule has 0 saturated carbocycles. The molecule has 0 radical (unpaired) electrons. The Morgan fingerprint density at radius 3 is 3.05 bits per heavy atom. The molecule has 0 aromatic carbocycles. The molecule has 0 amide bonds. The van der Waals surface area contributed by atoms with Crippen LogP contribution in [0.2, 0.25) is 0 Å². The third-order valence-corrected chi connectivity index (χ3v) is 5.02. The third-order valence-electron chi connectivity index (χ3n) is 4.41. The summed E-state index contributed by atoms with van der Waals surface area (Å²) in [5.41, 5.74) is 7.54. The van der Waals surface area contributed by atoms with Crippen LogP contribution < -0.4 is 5.73 Å². The SMILES string of the molecule is CC(C)n1ncc(Br)c1C(N)C1CN2CCCC2CO1. The molecule has 1 aromatic heterocycles. The molecule has 20 heavy (non-hydrogen) atoms. The van der Waals surface area contributed by atoms with Crippen molar-refractivity contribution < 1.29 is 4.74 Å². The van der Waals surface area contributed by atoms with Gasteiger partial charge in [0.25, 0.3) is 0 Å². The van der Waals surface area contributed by atoms with Crippen molar-refractivity contribution in [2.45, 2.75) is 50.9 Å². The molecule has 1 aromatic rings. The number of nitrogens with two attached hydrogens (primary N) is 1. The van der Waals surface area contributed by atoms with Crippen molar-refractivity contribution in [2.24, 2.45) is 5.73 Å². The molecule has 3 atom stereocenters. The monoisotopic (exact) mass is 342 g/mol. The molecule has 0 bridgehead atoms. The minimum absolute atomic E-state index is 0.0508. The van der Waals surface area contributed by atoms with Crippen LogP contribution >= 0.6 is 15.9 Å². The smallest absolute Gasteiger partial charge is 0.0910 e. The van der Waals surface area contributed by atoms with Gasteiger partial charge in [-0.3, -0.25) is 9.58 Å². The first-order valence-corrected chi connectivity index (χ1v) is 8.21. The Morgan fingerprint density at radius 2 is 2.30 bits per heavy atom. The lowest BCUT2D eigenvalue weighted by molar-refractivity contribution is -0.0609. The van der Waals surface area contributed by atoms with Crippen LogP contribution in [-0.4, -0.2) is 46.5 Å². The van der Waals surface area contributed by atoms with Gasteiger partial charge in [0.05, 0.1) is 35.1 Å². The van der Waals surface area contributed by atoms with Crippen molar-refractivity contribution in [3.05, 3.63) is 16.4 Å². The number of hydrogen-bond acceptors (Lipinski definition) is 4. The van der Waals surface area contributed by atoms with Crippen LogP contribution in [0.5, 0.6) is 0 Å². The highest BCUT2D eigenvalue weighted by atomic mass is 79.9. The molecule has 3 heterocycles. The highest BCUT2D eigenvalue weighted by Gasteiger charge is 2.36. The van der Waals surface area contributed by atoms with Crippen molar-refractivity contribution in [1.29, 1.82) is 0 Å². The van der Waals surface area contributed by atoms with Crippen molar-refractivity contribution in [3.63, 3.8) is 0 Å². The molecule has 2 aliphatic rings. The zero-order valence-corrected chi connectivity index (χ0v) is 13.7. The fraction of sp³-hybridized carbons (Fsp3) is 0.786. The van der Waals surface area contributed by atoms with E-state index in [9.17, 15) is 0 Å². The molecule has 3 unspecified atom stereocenters. The molecule has 3 rings (SSSR count). The average molecular weight is 343 g/mol. The summed E-state index contributed by atoms with van der Waals surface area (Å²) in [4.78, 5) is 2.53. The fourth-order valence-corrected chi connectivity index (χ4v) is 3.85. The Morgan fingerprint density at radius 1 is 1.50 bits per heavy atom. The first kappa shape index (κ1) is 14.5. The van der Waals surface area contributed by atoms with Gasteiger partial charge in [-0.05, 0) is 49.2 Å². The number of morpholine rings is 1. The molecular weight excluding hydrogens is 320 g/mol. The Bertz CT molecular complexity index is 476. The molecule has 0 aliphatic carbocycles. The normalized spacial score (nSPS) is 28.9. The summed E-state index contributed by atoms with van der Waals surface area (Å²) in [5, 5.41) is 4.42. The minimum atomic E-state index is -0.143. The number of nitrogens with zero attached hydrogens (tertiary/aromatic N) is 3. The maximum absolute atomic E-state index is 6.49. The molecule has 2 aliphatic heterocycles. The van der Waals surface area contributed by atoms with Crippen molar-refractivity contribution in [1.82, 2.24) is 14.7 Å². The van der Waals surface area contributed by atoms with E-state index < -0.39 is 0 Å². The van der Waals surface area contributed by atoms with E-state index in [0.717, 1.165) is 23.3 Å². The number of fused-ring (bicyclic) bond motifs is 1. The van der Waals surface area contributed by atoms with Crippen LogP contribution in [0.25, 0.3) is 0 Å². The molecule has 5 nitrogen and oxygen atoms in total. The van der Waals surface area contributed by atoms with Crippen molar-refractivity contribution >= 4 is 15.9 Å². The van der Waals surface area contributed by atoms with E-state index in [4.69, 9.17) is 10.5 Å². The summed E-state index contributed by atoms with van der Waals surface area (Å²) in [6.07, 6.45) is 4.42. The quantitative estimate of drug-likeness (QED) is 0.913. The second-order valence-electron chi connectivity index (χ2n) is 6.10. The summed E-state index contributed by atoms with van der Waals surface area (Å²) in [6, 6.07) is 0.762. The van der Waals surface area contributed by atoms with Gasteiger partial charge in [0.2, 0.25) is 0 Å². The van der Waals surface area contributed by atoms with Gasteiger partial charge in [0, 0.05) is 18.6 Å². The standard InChI is InChI=1S/C14H23BrN4O/c1-9(2)19-14(11(15)6-17-19)13(16)12-7-18-5-3-4-10(18)8-20-12/h6,9-10,12-13H,3-5,7-8,16H2,1-2H3. The van der Waals surface area contributed by atoms with Gasteiger partial charge < -0.3 is 10.5 Å². The first-order valence-electron chi connectivity index (χ1n) is 7.42. The summed E-state index contributed by atoms with van der Waals surface area (Å²) in [7, 11) is 0. The van der Waals surface area contributed by atoms with Gasteiger partial charge in [-0.15, -0.1) is 0 Å². The minimum Gasteiger partial charge on any atom is -0.373 e. The maximum atomic E-state index is 6.49. The molecule has 2 saturated heterocycles. The second kappa shape index (κ2) is 5.75. The molecular formula is C14H23BrN4O. The van der Waals surface area contributed by atoms with Crippen molar-refractivity contribution in [3.8, 4) is 0 Å². The summed E-state index contributed by atoms with van der Waals surface area (Å²) in [6.45, 7) is 7.16. The largest absolute Gasteiger partial charge is 0.373 e. The van der Waals surface area contributed by atoms with E-state index in [2.05, 4.69) is 39.8 Å². The number of ether oxygens (including phenoxy) is 1. The number of halogens is 1. The van der Waals surface area contributed by atoms with Crippen LogP contribution in [0.3, 0.4) is 0 Å². The topological polar surface area (TPSA) is 56.3 Å². The lowest BCUT2D eigenvalue weighted by atomic mass is 10.0. The zero-order chi connectivity index (χ0) is 14.3. The van der Waals surface area contributed by atoms with E-state index in [0.29, 0.717) is 12.1 Å². The predicted octanol–water partition coefficient (Wildman–Crippen LogP) is 2.09. The van der Waals surface area contributed by atoms with E-state index in [1.807, 2.05) is 10.9 Å². The number of aromatic nitrogens is 2. The number of rotatable bonds is 3. The Hall–Kier alpha value is -0.430. The highest BCUT2D eigenvalue weighted by molar-refractivity contribution is 9.10. The summed E-state index contributed by atoms with van der Waals surface area (Å²) < 4.78 is 9.01. The van der Waals surface area contributed by atoms with Gasteiger partial charge in [-0.1, -0.05) is 0 Å². The van der Waals surface area contributed by atoms with Crippen LogP contribution in [0.15, 0.2) is 10.7 Å². The van der Waals surface area contributed by atoms with Crippen molar-refractivity contribution in [2.75, 3.05) is 19.7 Å². The Labute approximate surface area is 128 Å². The first-order chi connectivity index (χ1) is 9.58. The van der Waals surface area contributed by atoms with Crippen LogP contribution in [0.4, 0.5) is 0 Å². The maximum Gasteiger partial charge on any atom is 0.0910 e. The zero-order valence-electron chi connectivity index (χ0n) is 12.1. The lowest BCUT2D eigenvalue weighted by Crippen LogP contribution is -2.50. The lowest BCUT2D eigenvalue weighted by Gasteiger charge is -2.38. The van der Waals surface area contributed by atoms with E-state index in [-0.39, 0.29) is 12.1 Å². The summed E-state index contributed by atoms with van der Waals surface area (Å²) >= 11 is 3.58. The van der Waals surface area contributed by atoms with Gasteiger partial charge in [0.15, 0.2) is 0 Å². The van der Waals surface area contributed by atoms with E-state index >= 15 is 0 Å². The highest BCUT2D eigenvalue weighted by Crippen LogP contribution is 2.31. The number of hydrogen-bond donors (Lipinski definition) is 1.